The van der Waals surface area contributed by atoms with Crippen LogP contribution >= 0.6 is 0 Å². The van der Waals surface area contributed by atoms with Crippen molar-refractivity contribution in [1.82, 2.24) is 9.78 Å². The highest BCUT2D eigenvalue weighted by atomic mass is 32.2. The molecule has 0 aliphatic rings. The lowest BCUT2D eigenvalue weighted by atomic mass is 10.1. The fourth-order valence-electron chi connectivity index (χ4n) is 1.95. The Morgan fingerprint density at radius 1 is 1.41 bits per heavy atom. The van der Waals surface area contributed by atoms with Gasteiger partial charge in [0.15, 0.2) is 5.82 Å². The highest BCUT2D eigenvalue weighted by molar-refractivity contribution is 7.92. The van der Waals surface area contributed by atoms with Crippen molar-refractivity contribution in [3.8, 4) is 0 Å². The Hall–Kier alpha value is -1.56. The van der Waals surface area contributed by atoms with Gasteiger partial charge in [-0.1, -0.05) is 19.1 Å². The highest BCUT2D eigenvalue weighted by Crippen LogP contribution is 2.26. The molecule has 17 heavy (non-hydrogen) atoms. The van der Waals surface area contributed by atoms with Crippen molar-refractivity contribution in [3.05, 3.63) is 23.8 Å². The Morgan fingerprint density at radius 3 is 2.71 bits per heavy atom. The third-order valence-electron chi connectivity index (χ3n) is 2.61. The van der Waals surface area contributed by atoms with Gasteiger partial charge < -0.3 is 0 Å². The average molecular weight is 253 g/mol. The number of anilines is 1. The van der Waals surface area contributed by atoms with Gasteiger partial charge in [0.1, 0.15) is 0 Å². The minimum absolute atomic E-state index is 0.389. The Labute approximate surface area is 100 Å². The molecule has 1 aromatic heterocycles. The summed E-state index contributed by atoms with van der Waals surface area (Å²) in [6.45, 7) is 2.06. The van der Waals surface area contributed by atoms with Gasteiger partial charge in [0.2, 0.25) is 10.0 Å². The van der Waals surface area contributed by atoms with E-state index in [-0.39, 0.29) is 0 Å². The van der Waals surface area contributed by atoms with Crippen molar-refractivity contribution in [2.45, 2.75) is 13.3 Å². The van der Waals surface area contributed by atoms with E-state index in [0.29, 0.717) is 5.82 Å². The summed E-state index contributed by atoms with van der Waals surface area (Å²) in [5.41, 5.74) is 2.13. The van der Waals surface area contributed by atoms with Gasteiger partial charge in [0.05, 0.1) is 11.8 Å². The third kappa shape index (κ3) is 2.26. The molecular weight excluding hydrogens is 238 g/mol. The van der Waals surface area contributed by atoms with Crippen LogP contribution in [0.15, 0.2) is 18.2 Å². The Bertz CT molecular complexity index is 659. The van der Waals surface area contributed by atoms with Gasteiger partial charge in [-0.05, 0) is 18.1 Å². The molecule has 1 N–H and O–H groups in total. The summed E-state index contributed by atoms with van der Waals surface area (Å²) in [5.74, 6) is 0.389. The molecule has 0 amide bonds. The zero-order valence-corrected chi connectivity index (χ0v) is 10.9. The molecule has 0 saturated carbocycles. The maximum absolute atomic E-state index is 11.2. The molecule has 0 bridgehead atoms. The van der Waals surface area contributed by atoms with Gasteiger partial charge >= 0.3 is 0 Å². The Kier molecular flexibility index (Phi) is 2.82. The van der Waals surface area contributed by atoms with Crippen LogP contribution in [0.5, 0.6) is 0 Å². The molecule has 2 rings (SSSR count). The summed E-state index contributed by atoms with van der Waals surface area (Å²) >= 11 is 0. The number of para-hydroxylation sites is 1. The number of rotatable bonds is 3. The van der Waals surface area contributed by atoms with E-state index in [2.05, 4.69) is 16.7 Å². The van der Waals surface area contributed by atoms with E-state index in [1.165, 1.54) is 0 Å². The largest absolute Gasteiger partial charge is 0.266 e. The summed E-state index contributed by atoms with van der Waals surface area (Å²) in [7, 11) is -1.49. The molecule has 1 heterocycles. The maximum atomic E-state index is 11.2. The first-order valence-corrected chi connectivity index (χ1v) is 7.24. The maximum Gasteiger partial charge on any atom is 0.231 e. The van der Waals surface area contributed by atoms with Gasteiger partial charge in [-0.15, -0.1) is 0 Å². The Balaban J connectivity index is 2.68. The lowest BCUT2D eigenvalue weighted by Crippen LogP contribution is -2.10. The van der Waals surface area contributed by atoms with Crippen molar-refractivity contribution in [2.75, 3.05) is 11.0 Å². The van der Waals surface area contributed by atoms with Gasteiger partial charge in [-0.3, -0.25) is 9.40 Å². The lowest BCUT2D eigenvalue weighted by Gasteiger charge is -2.01. The number of hydrogen-bond donors (Lipinski definition) is 1. The summed E-state index contributed by atoms with van der Waals surface area (Å²) < 4.78 is 26.6. The van der Waals surface area contributed by atoms with E-state index in [0.717, 1.165) is 29.1 Å². The summed E-state index contributed by atoms with van der Waals surface area (Å²) in [4.78, 5) is 0. The smallest absolute Gasteiger partial charge is 0.231 e. The molecule has 0 aliphatic heterocycles. The molecule has 0 saturated heterocycles. The molecule has 0 aliphatic carbocycles. The first kappa shape index (κ1) is 11.9. The number of fused-ring (bicyclic) bond motifs is 1. The topological polar surface area (TPSA) is 64.0 Å². The summed E-state index contributed by atoms with van der Waals surface area (Å²) in [6, 6.07) is 5.81. The lowest BCUT2D eigenvalue weighted by molar-refractivity contribution is 0.606. The van der Waals surface area contributed by atoms with Crippen molar-refractivity contribution in [1.29, 1.82) is 0 Å². The fourth-order valence-corrected chi connectivity index (χ4v) is 2.46. The predicted molar refractivity (Wildman–Crippen MR) is 68.6 cm³/mol. The van der Waals surface area contributed by atoms with Gasteiger partial charge in [0.25, 0.3) is 0 Å². The van der Waals surface area contributed by atoms with Crippen LogP contribution < -0.4 is 4.72 Å². The summed E-state index contributed by atoms with van der Waals surface area (Å²) in [5, 5.41) is 5.04. The standard InChI is InChI=1S/C11H15N3O2S/c1-4-8-6-5-7-9-10(8)14(2)12-11(9)13-17(3,15)16/h5-7H,4H2,1-3H3,(H,12,13). The van der Waals surface area contributed by atoms with Crippen molar-refractivity contribution in [2.24, 2.45) is 7.05 Å². The molecule has 1 aromatic carbocycles. The van der Waals surface area contributed by atoms with Crippen molar-refractivity contribution < 1.29 is 8.42 Å². The second kappa shape index (κ2) is 4.03. The summed E-state index contributed by atoms with van der Waals surface area (Å²) in [6.07, 6.45) is 2.01. The van der Waals surface area contributed by atoms with Crippen molar-refractivity contribution in [3.63, 3.8) is 0 Å². The number of benzene rings is 1. The van der Waals surface area contributed by atoms with Crippen LogP contribution in [0.1, 0.15) is 12.5 Å². The van der Waals surface area contributed by atoms with E-state index in [4.69, 9.17) is 0 Å². The number of hydrogen-bond acceptors (Lipinski definition) is 3. The highest BCUT2D eigenvalue weighted by Gasteiger charge is 2.13. The van der Waals surface area contributed by atoms with Gasteiger partial charge in [0, 0.05) is 12.4 Å². The molecule has 5 nitrogen and oxygen atoms in total. The quantitative estimate of drug-likeness (QED) is 0.901. The van der Waals surface area contributed by atoms with Gasteiger partial charge in [-0.2, -0.15) is 5.10 Å². The number of aromatic nitrogens is 2. The normalized spacial score (nSPS) is 11.9. The Morgan fingerprint density at radius 2 is 2.12 bits per heavy atom. The third-order valence-corrected chi connectivity index (χ3v) is 3.18. The van der Waals surface area contributed by atoms with Gasteiger partial charge in [-0.25, -0.2) is 8.42 Å². The predicted octanol–water partition coefficient (Wildman–Crippen LogP) is 1.51. The molecule has 6 heteroatoms. The molecule has 2 aromatic rings. The minimum atomic E-state index is -3.30. The second-order valence-electron chi connectivity index (χ2n) is 4.01. The SMILES string of the molecule is CCc1cccc2c(NS(C)(=O)=O)nn(C)c12. The van der Waals surface area contributed by atoms with Crippen LogP contribution in [-0.4, -0.2) is 24.5 Å². The van der Waals surface area contributed by atoms with E-state index >= 15 is 0 Å². The first-order chi connectivity index (χ1) is 7.92. The van der Waals surface area contributed by atoms with E-state index < -0.39 is 10.0 Å². The van der Waals surface area contributed by atoms with Crippen LogP contribution in [-0.2, 0) is 23.5 Å². The second-order valence-corrected chi connectivity index (χ2v) is 5.76. The zero-order valence-electron chi connectivity index (χ0n) is 10.1. The molecule has 0 unspecified atom stereocenters. The van der Waals surface area contributed by atoms with Crippen LogP contribution in [0.4, 0.5) is 5.82 Å². The molecule has 0 spiro atoms. The molecule has 0 fully saturated rings. The minimum Gasteiger partial charge on any atom is -0.266 e. The molecular formula is C11H15N3O2S. The average Bonchev–Trinajstić information content (AvgIpc) is 2.53. The zero-order chi connectivity index (χ0) is 12.6. The van der Waals surface area contributed by atoms with E-state index in [1.807, 2.05) is 25.2 Å². The van der Waals surface area contributed by atoms with Crippen LogP contribution in [0.2, 0.25) is 0 Å². The number of aryl methyl sites for hydroxylation is 2. The molecule has 0 atom stereocenters. The van der Waals surface area contributed by atoms with Crippen molar-refractivity contribution >= 4 is 26.7 Å². The van der Waals surface area contributed by atoms with Crippen LogP contribution in [0, 0.1) is 0 Å². The molecule has 0 radical (unpaired) electrons. The fraction of sp³-hybridized carbons (Fsp3) is 0.364. The monoisotopic (exact) mass is 253 g/mol. The number of nitrogens with one attached hydrogen (secondary N) is 1. The molecule has 92 valence electrons. The van der Waals surface area contributed by atoms with Crippen LogP contribution in [0.3, 0.4) is 0 Å². The number of sulfonamides is 1. The van der Waals surface area contributed by atoms with Crippen LogP contribution in [0.25, 0.3) is 10.9 Å². The van der Waals surface area contributed by atoms with E-state index in [1.54, 1.807) is 4.68 Å². The van der Waals surface area contributed by atoms with E-state index in [9.17, 15) is 8.42 Å². The first-order valence-electron chi connectivity index (χ1n) is 5.34. The number of nitrogens with zero attached hydrogens (tertiary/aromatic N) is 2.